The van der Waals surface area contributed by atoms with Crippen LogP contribution in [0, 0.1) is 5.41 Å². The van der Waals surface area contributed by atoms with Crippen molar-refractivity contribution in [2.45, 2.75) is 105 Å². The Labute approximate surface area is 167 Å². The Balaban J connectivity index is 3.75. The fourth-order valence-corrected chi connectivity index (χ4v) is 2.58. The van der Waals surface area contributed by atoms with Crippen molar-refractivity contribution in [2.24, 2.45) is 5.41 Å². The minimum Gasteiger partial charge on any atom is -0.464 e. The third-order valence-corrected chi connectivity index (χ3v) is 4.58. The van der Waals surface area contributed by atoms with Crippen LogP contribution >= 0.6 is 0 Å². The van der Waals surface area contributed by atoms with Crippen molar-refractivity contribution in [2.75, 3.05) is 20.3 Å². The Morgan fingerprint density at radius 3 is 1.81 bits per heavy atom. The molecule has 27 heavy (non-hydrogen) atoms. The highest BCUT2D eigenvalue weighted by molar-refractivity contribution is 5.80. The van der Waals surface area contributed by atoms with Gasteiger partial charge in [0.15, 0.2) is 0 Å². The number of unbranched alkanes of at least 4 members (excludes halogenated alkanes) is 9. The molecule has 5 heteroatoms. The number of esters is 1. The van der Waals surface area contributed by atoms with Gasteiger partial charge in [-0.25, -0.2) is 9.59 Å². The fourth-order valence-electron chi connectivity index (χ4n) is 2.58. The number of carbonyl (C=O) groups excluding carboxylic acids is 2. The summed E-state index contributed by atoms with van der Waals surface area (Å²) >= 11 is 0. The number of amides is 1. The second-order valence-corrected chi connectivity index (χ2v) is 8.75. The summed E-state index contributed by atoms with van der Waals surface area (Å²) in [5, 5.41) is 0. The zero-order valence-corrected chi connectivity index (χ0v) is 18.6. The van der Waals surface area contributed by atoms with Crippen molar-refractivity contribution in [3.63, 3.8) is 0 Å². The number of rotatable bonds is 14. The Morgan fingerprint density at radius 2 is 1.33 bits per heavy atom. The number of hydrogen-bond acceptors (Lipinski definition) is 4. The van der Waals surface area contributed by atoms with E-state index in [1.165, 1.54) is 56.3 Å². The van der Waals surface area contributed by atoms with E-state index >= 15 is 0 Å². The second kappa shape index (κ2) is 14.8. The van der Waals surface area contributed by atoms with E-state index in [2.05, 4.69) is 6.92 Å². The summed E-state index contributed by atoms with van der Waals surface area (Å²) in [6, 6.07) is -0.638. The highest BCUT2D eigenvalue weighted by atomic mass is 16.6. The van der Waals surface area contributed by atoms with Gasteiger partial charge in [-0.1, -0.05) is 85.5 Å². The van der Waals surface area contributed by atoms with Crippen LogP contribution < -0.4 is 0 Å². The van der Waals surface area contributed by atoms with Gasteiger partial charge in [-0.15, -0.1) is 0 Å². The first kappa shape index (κ1) is 25.7. The Bertz CT molecular complexity index is 404. The Hall–Kier alpha value is -1.26. The highest BCUT2D eigenvalue weighted by Crippen LogP contribution is 2.14. The van der Waals surface area contributed by atoms with Gasteiger partial charge in [0, 0.05) is 7.05 Å². The summed E-state index contributed by atoms with van der Waals surface area (Å²) < 4.78 is 10.5. The molecule has 0 aromatic heterocycles. The maximum atomic E-state index is 12.1. The summed E-state index contributed by atoms with van der Waals surface area (Å²) in [6.07, 6.45) is 11.9. The maximum Gasteiger partial charge on any atom is 0.410 e. The largest absolute Gasteiger partial charge is 0.464 e. The zero-order chi connectivity index (χ0) is 20.7. The van der Waals surface area contributed by atoms with Crippen LogP contribution in [-0.4, -0.2) is 43.3 Å². The topological polar surface area (TPSA) is 55.8 Å². The Morgan fingerprint density at radius 1 is 0.852 bits per heavy atom. The minimum atomic E-state index is -0.638. The number of ether oxygens (including phenoxy) is 2. The normalized spacial score (nSPS) is 12.5. The van der Waals surface area contributed by atoms with E-state index in [0.717, 1.165) is 12.8 Å². The molecule has 0 saturated carbocycles. The molecule has 0 heterocycles. The molecule has 0 fully saturated rings. The molecular formula is C22H43NO4. The van der Waals surface area contributed by atoms with Crippen LogP contribution in [0.25, 0.3) is 0 Å². The molecule has 1 amide bonds. The SMILES string of the molecule is CCCCCCCCCCCCOC(=O)C(C)N(C)C(=O)OCC(C)(C)C. The summed E-state index contributed by atoms with van der Waals surface area (Å²) in [7, 11) is 1.57. The van der Waals surface area contributed by atoms with Crippen LogP contribution in [0.1, 0.15) is 98.8 Å². The van der Waals surface area contributed by atoms with Crippen molar-refractivity contribution in [1.29, 1.82) is 0 Å². The lowest BCUT2D eigenvalue weighted by molar-refractivity contribution is -0.148. The zero-order valence-electron chi connectivity index (χ0n) is 18.6. The first-order valence-corrected chi connectivity index (χ1v) is 10.7. The van der Waals surface area contributed by atoms with Gasteiger partial charge in [0.2, 0.25) is 0 Å². The molecule has 1 unspecified atom stereocenters. The maximum absolute atomic E-state index is 12.1. The quantitative estimate of drug-likeness (QED) is 0.274. The van der Waals surface area contributed by atoms with Crippen LogP contribution in [0.5, 0.6) is 0 Å². The van der Waals surface area contributed by atoms with Crippen LogP contribution in [0.15, 0.2) is 0 Å². The van der Waals surface area contributed by atoms with Crippen molar-refractivity contribution < 1.29 is 19.1 Å². The van der Waals surface area contributed by atoms with Gasteiger partial charge < -0.3 is 9.47 Å². The average Bonchev–Trinajstić information content (AvgIpc) is 2.62. The molecule has 0 aliphatic rings. The molecule has 0 N–H and O–H groups in total. The van der Waals surface area contributed by atoms with E-state index in [1.54, 1.807) is 14.0 Å². The van der Waals surface area contributed by atoms with Gasteiger partial charge in [0.1, 0.15) is 6.04 Å². The van der Waals surface area contributed by atoms with E-state index in [-0.39, 0.29) is 11.4 Å². The van der Waals surface area contributed by atoms with Gasteiger partial charge in [-0.3, -0.25) is 4.90 Å². The van der Waals surface area contributed by atoms with Crippen LogP contribution in [0.4, 0.5) is 4.79 Å². The van der Waals surface area contributed by atoms with Gasteiger partial charge in [-0.05, 0) is 18.8 Å². The molecule has 0 bridgehead atoms. The van der Waals surface area contributed by atoms with Gasteiger partial charge in [-0.2, -0.15) is 0 Å². The number of nitrogens with zero attached hydrogens (tertiary/aromatic N) is 1. The fraction of sp³-hybridized carbons (Fsp3) is 0.909. The molecule has 0 aromatic rings. The van der Waals surface area contributed by atoms with Crippen molar-refractivity contribution in [3.8, 4) is 0 Å². The molecule has 0 saturated heterocycles. The Kier molecular flexibility index (Phi) is 14.1. The van der Waals surface area contributed by atoms with E-state index in [1.807, 2.05) is 20.8 Å². The van der Waals surface area contributed by atoms with E-state index in [4.69, 9.17) is 9.47 Å². The third-order valence-electron chi connectivity index (χ3n) is 4.58. The first-order chi connectivity index (χ1) is 12.7. The molecule has 0 radical (unpaired) electrons. The molecule has 0 aromatic carbocycles. The summed E-state index contributed by atoms with van der Waals surface area (Å²) in [5.74, 6) is -0.374. The number of hydrogen-bond donors (Lipinski definition) is 0. The first-order valence-electron chi connectivity index (χ1n) is 10.7. The van der Waals surface area contributed by atoms with E-state index in [0.29, 0.717) is 13.2 Å². The van der Waals surface area contributed by atoms with E-state index < -0.39 is 12.1 Å². The average molecular weight is 386 g/mol. The van der Waals surface area contributed by atoms with Gasteiger partial charge >= 0.3 is 12.1 Å². The molecule has 0 aliphatic carbocycles. The number of carbonyl (C=O) groups is 2. The molecule has 0 rings (SSSR count). The lowest BCUT2D eigenvalue weighted by atomic mass is 9.99. The standard InChI is InChI=1S/C22H43NO4/c1-7-8-9-10-11-12-13-14-15-16-17-26-20(24)19(2)23(6)21(25)27-18-22(3,4)5/h19H,7-18H2,1-6H3. The van der Waals surface area contributed by atoms with Crippen molar-refractivity contribution >= 4 is 12.1 Å². The minimum absolute atomic E-state index is 0.101. The molecule has 0 spiro atoms. The smallest absolute Gasteiger partial charge is 0.410 e. The predicted molar refractivity (Wildman–Crippen MR) is 111 cm³/mol. The van der Waals surface area contributed by atoms with Crippen LogP contribution in [0.2, 0.25) is 0 Å². The van der Waals surface area contributed by atoms with Crippen LogP contribution in [-0.2, 0) is 14.3 Å². The summed E-state index contributed by atoms with van der Waals surface area (Å²) in [6.45, 7) is 10.6. The van der Waals surface area contributed by atoms with Gasteiger partial charge in [0.05, 0.1) is 13.2 Å². The van der Waals surface area contributed by atoms with Crippen molar-refractivity contribution in [1.82, 2.24) is 4.90 Å². The predicted octanol–water partition coefficient (Wildman–Crippen LogP) is 5.95. The lowest BCUT2D eigenvalue weighted by Crippen LogP contribution is -2.42. The van der Waals surface area contributed by atoms with Crippen molar-refractivity contribution in [3.05, 3.63) is 0 Å². The third kappa shape index (κ3) is 14.5. The summed E-state index contributed by atoms with van der Waals surface area (Å²) in [5.41, 5.74) is -0.101. The highest BCUT2D eigenvalue weighted by Gasteiger charge is 2.25. The molecule has 0 aliphatic heterocycles. The molecular weight excluding hydrogens is 342 g/mol. The summed E-state index contributed by atoms with van der Waals surface area (Å²) in [4.78, 5) is 25.4. The molecule has 1 atom stereocenters. The molecule has 160 valence electrons. The van der Waals surface area contributed by atoms with Gasteiger partial charge in [0.25, 0.3) is 0 Å². The number of likely N-dealkylation sites (N-methyl/N-ethyl adjacent to an activating group) is 1. The van der Waals surface area contributed by atoms with Crippen LogP contribution in [0.3, 0.4) is 0 Å². The monoisotopic (exact) mass is 385 g/mol. The second-order valence-electron chi connectivity index (χ2n) is 8.75. The van der Waals surface area contributed by atoms with E-state index in [9.17, 15) is 9.59 Å². The lowest BCUT2D eigenvalue weighted by Gasteiger charge is -2.25. The molecule has 5 nitrogen and oxygen atoms in total.